The van der Waals surface area contributed by atoms with Crippen LogP contribution in [-0.2, 0) is 11.2 Å². The normalized spacial score (nSPS) is 17.4. The van der Waals surface area contributed by atoms with E-state index in [0.717, 1.165) is 45.8 Å². The highest BCUT2D eigenvalue weighted by Crippen LogP contribution is 2.05. The zero-order chi connectivity index (χ0) is 11.8. The molecule has 1 aliphatic heterocycles. The summed E-state index contributed by atoms with van der Waals surface area (Å²) in [4.78, 5) is 2.49. The summed E-state index contributed by atoms with van der Waals surface area (Å²) in [5.41, 5.74) is 1.45. The molecule has 3 nitrogen and oxygen atoms in total. The molecule has 0 bridgehead atoms. The van der Waals surface area contributed by atoms with Gasteiger partial charge in [0, 0.05) is 13.1 Å². The van der Waals surface area contributed by atoms with Gasteiger partial charge in [-0.1, -0.05) is 0 Å². The van der Waals surface area contributed by atoms with Gasteiger partial charge in [0.2, 0.25) is 0 Å². The summed E-state index contributed by atoms with van der Waals surface area (Å²) < 4.78 is 5.33. The molecule has 1 aromatic rings. The molecule has 4 heteroatoms. The Balaban J connectivity index is 1.43. The lowest BCUT2D eigenvalue weighted by Gasteiger charge is -2.26. The molecule has 0 atom stereocenters. The second-order valence-electron chi connectivity index (χ2n) is 4.44. The summed E-state index contributed by atoms with van der Waals surface area (Å²) in [6.07, 6.45) is 2.39. The van der Waals surface area contributed by atoms with Crippen molar-refractivity contribution in [3.8, 4) is 0 Å². The van der Waals surface area contributed by atoms with Gasteiger partial charge in [-0.3, -0.25) is 4.90 Å². The Labute approximate surface area is 108 Å². The topological polar surface area (TPSA) is 24.5 Å². The molecule has 0 unspecified atom stereocenters. The quantitative estimate of drug-likeness (QED) is 0.748. The van der Waals surface area contributed by atoms with E-state index in [1.54, 1.807) is 11.3 Å². The molecule has 96 valence electrons. The molecule has 0 amide bonds. The molecule has 0 saturated carbocycles. The van der Waals surface area contributed by atoms with E-state index >= 15 is 0 Å². The first-order valence-corrected chi connectivity index (χ1v) is 7.41. The molecule has 1 aliphatic rings. The summed E-state index contributed by atoms with van der Waals surface area (Å²) in [6.45, 7) is 7.46. The minimum Gasteiger partial charge on any atom is -0.379 e. The van der Waals surface area contributed by atoms with Crippen molar-refractivity contribution < 1.29 is 4.74 Å². The fourth-order valence-corrected chi connectivity index (χ4v) is 2.75. The van der Waals surface area contributed by atoms with Gasteiger partial charge in [0.05, 0.1) is 13.2 Å². The predicted octanol–water partition coefficient (Wildman–Crippen LogP) is 1.60. The summed E-state index contributed by atoms with van der Waals surface area (Å²) in [5.74, 6) is 0. The van der Waals surface area contributed by atoms with Crippen molar-refractivity contribution in [3.05, 3.63) is 22.4 Å². The first-order chi connectivity index (χ1) is 8.45. The van der Waals surface area contributed by atoms with Crippen molar-refractivity contribution in [1.29, 1.82) is 0 Å². The smallest absolute Gasteiger partial charge is 0.0594 e. The second-order valence-corrected chi connectivity index (χ2v) is 5.22. The van der Waals surface area contributed by atoms with Crippen LogP contribution in [-0.4, -0.2) is 50.8 Å². The van der Waals surface area contributed by atoms with E-state index in [-0.39, 0.29) is 0 Å². The van der Waals surface area contributed by atoms with Crippen molar-refractivity contribution >= 4 is 11.3 Å². The molecule has 17 heavy (non-hydrogen) atoms. The summed E-state index contributed by atoms with van der Waals surface area (Å²) in [5, 5.41) is 7.89. The molecule has 1 N–H and O–H groups in total. The van der Waals surface area contributed by atoms with Crippen molar-refractivity contribution in [2.24, 2.45) is 0 Å². The Morgan fingerprint density at radius 3 is 2.94 bits per heavy atom. The van der Waals surface area contributed by atoms with Gasteiger partial charge in [-0.2, -0.15) is 11.3 Å². The number of rotatable bonds is 7. The van der Waals surface area contributed by atoms with Crippen molar-refractivity contribution in [1.82, 2.24) is 10.2 Å². The fraction of sp³-hybridized carbons (Fsp3) is 0.692. The zero-order valence-corrected chi connectivity index (χ0v) is 11.2. The van der Waals surface area contributed by atoms with Gasteiger partial charge in [0.15, 0.2) is 0 Å². The monoisotopic (exact) mass is 254 g/mol. The number of thiophene rings is 1. The lowest BCUT2D eigenvalue weighted by atomic mass is 10.2. The third-order valence-electron chi connectivity index (χ3n) is 3.10. The highest BCUT2D eigenvalue weighted by Gasteiger charge is 2.08. The van der Waals surface area contributed by atoms with Gasteiger partial charge in [-0.05, 0) is 54.9 Å². The lowest BCUT2D eigenvalue weighted by molar-refractivity contribution is 0.0375. The third kappa shape index (κ3) is 5.17. The molecule has 2 heterocycles. The summed E-state index contributed by atoms with van der Waals surface area (Å²) in [7, 11) is 0. The maximum atomic E-state index is 5.33. The van der Waals surface area contributed by atoms with E-state index in [1.807, 2.05) is 0 Å². The SMILES string of the molecule is c1cc(CCNCCCN2CCOCC2)cs1. The summed E-state index contributed by atoms with van der Waals surface area (Å²) >= 11 is 1.78. The standard InChI is InChI=1S/C13H22N2OS/c1(6-15-7-9-16-10-8-15)4-14-5-2-13-3-11-17-12-13/h3,11-12,14H,1-2,4-10H2. The highest BCUT2D eigenvalue weighted by atomic mass is 32.1. The average Bonchev–Trinajstić information content (AvgIpc) is 2.88. The lowest BCUT2D eigenvalue weighted by Crippen LogP contribution is -2.37. The number of hydrogen-bond acceptors (Lipinski definition) is 4. The molecule has 0 radical (unpaired) electrons. The number of ether oxygens (including phenoxy) is 1. The van der Waals surface area contributed by atoms with Crippen LogP contribution in [0.1, 0.15) is 12.0 Å². The third-order valence-corrected chi connectivity index (χ3v) is 3.83. The molecule has 0 aromatic carbocycles. The Morgan fingerprint density at radius 1 is 1.29 bits per heavy atom. The zero-order valence-electron chi connectivity index (χ0n) is 10.4. The maximum Gasteiger partial charge on any atom is 0.0594 e. The molecule has 2 rings (SSSR count). The van der Waals surface area contributed by atoms with E-state index in [9.17, 15) is 0 Å². The Bertz CT molecular complexity index is 284. The Morgan fingerprint density at radius 2 is 2.18 bits per heavy atom. The van der Waals surface area contributed by atoms with Gasteiger partial charge in [-0.15, -0.1) is 0 Å². The molecule has 1 aromatic heterocycles. The first kappa shape index (κ1) is 13.0. The minimum absolute atomic E-state index is 0.908. The van der Waals surface area contributed by atoms with Crippen LogP contribution in [0, 0.1) is 0 Å². The van der Waals surface area contributed by atoms with Gasteiger partial charge in [0.1, 0.15) is 0 Å². The number of nitrogens with zero attached hydrogens (tertiary/aromatic N) is 1. The molecular formula is C13H22N2OS. The molecule has 1 saturated heterocycles. The van der Waals surface area contributed by atoms with Crippen LogP contribution in [0.25, 0.3) is 0 Å². The second kappa shape index (κ2) is 7.82. The van der Waals surface area contributed by atoms with E-state index in [2.05, 4.69) is 27.0 Å². The van der Waals surface area contributed by atoms with Crippen LogP contribution in [0.2, 0.25) is 0 Å². The largest absolute Gasteiger partial charge is 0.379 e. The molecule has 0 spiro atoms. The van der Waals surface area contributed by atoms with Crippen molar-refractivity contribution in [3.63, 3.8) is 0 Å². The number of morpholine rings is 1. The van der Waals surface area contributed by atoms with Gasteiger partial charge < -0.3 is 10.1 Å². The molecule has 1 fully saturated rings. The van der Waals surface area contributed by atoms with Crippen LogP contribution < -0.4 is 5.32 Å². The fourth-order valence-electron chi connectivity index (χ4n) is 2.05. The molecule has 0 aliphatic carbocycles. The molecular weight excluding hydrogens is 232 g/mol. The minimum atomic E-state index is 0.908. The van der Waals surface area contributed by atoms with E-state index in [4.69, 9.17) is 4.74 Å². The van der Waals surface area contributed by atoms with Gasteiger partial charge in [-0.25, -0.2) is 0 Å². The van der Waals surface area contributed by atoms with Crippen LogP contribution in [0.5, 0.6) is 0 Å². The summed E-state index contributed by atoms with van der Waals surface area (Å²) in [6, 6.07) is 2.21. The van der Waals surface area contributed by atoms with Gasteiger partial charge >= 0.3 is 0 Å². The van der Waals surface area contributed by atoms with E-state index < -0.39 is 0 Å². The predicted molar refractivity (Wildman–Crippen MR) is 72.8 cm³/mol. The number of hydrogen-bond donors (Lipinski definition) is 1. The maximum absolute atomic E-state index is 5.33. The first-order valence-electron chi connectivity index (χ1n) is 6.47. The number of nitrogens with one attached hydrogen (secondary N) is 1. The Hall–Kier alpha value is -0.420. The van der Waals surface area contributed by atoms with E-state index in [1.165, 1.54) is 18.5 Å². The highest BCUT2D eigenvalue weighted by molar-refractivity contribution is 7.07. The van der Waals surface area contributed by atoms with Crippen molar-refractivity contribution in [2.45, 2.75) is 12.8 Å². The van der Waals surface area contributed by atoms with Crippen LogP contribution >= 0.6 is 11.3 Å². The average molecular weight is 254 g/mol. The van der Waals surface area contributed by atoms with Crippen LogP contribution in [0.15, 0.2) is 16.8 Å². The Kier molecular flexibility index (Phi) is 5.99. The van der Waals surface area contributed by atoms with Crippen LogP contribution in [0.3, 0.4) is 0 Å². The van der Waals surface area contributed by atoms with Crippen LogP contribution in [0.4, 0.5) is 0 Å². The van der Waals surface area contributed by atoms with E-state index in [0.29, 0.717) is 0 Å². The van der Waals surface area contributed by atoms with Gasteiger partial charge in [0.25, 0.3) is 0 Å². The van der Waals surface area contributed by atoms with Crippen molar-refractivity contribution in [2.75, 3.05) is 45.9 Å².